The molecule has 0 amide bonds. The van der Waals surface area contributed by atoms with E-state index >= 15 is 0 Å². The number of aliphatic hydroxyl groups is 1. The Bertz CT molecular complexity index is 645. The minimum Gasteiger partial charge on any atom is -0.396 e. The number of aromatic nitrogens is 2. The van der Waals surface area contributed by atoms with E-state index < -0.39 is 0 Å². The van der Waals surface area contributed by atoms with Gasteiger partial charge in [0.1, 0.15) is 10.8 Å². The van der Waals surface area contributed by atoms with E-state index in [9.17, 15) is 0 Å². The van der Waals surface area contributed by atoms with Crippen LogP contribution in [0.1, 0.15) is 34.5 Å². The van der Waals surface area contributed by atoms with Gasteiger partial charge in [0.05, 0.1) is 18.8 Å². The molecule has 3 rings (SSSR count). The lowest BCUT2D eigenvalue weighted by atomic mass is 9.93. The molecule has 2 aromatic heterocycles. The molecule has 0 radical (unpaired) electrons. The quantitative estimate of drug-likeness (QED) is 0.749. The number of rotatable bonds is 7. The van der Waals surface area contributed by atoms with Gasteiger partial charge in [-0.2, -0.15) is 11.8 Å². The van der Waals surface area contributed by atoms with Crippen LogP contribution >= 0.6 is 23.1 Å². The summed E-state index contributed by atoms with van der Waals surface area (Å²) in [5, 5.41) is 13.4. The zero-order valence-corrected chi connectivity index (χ0v) is 15.1. The second kappa shape index (κ2) is 8.13. The van der Waals surface area contributed by atoms with Crippen molar-refractivity contribution >= 4 is 28.9 Å². The molecule has 2 aromatic rings. The topological polar surface area (TPSA) is 58.0 Å². The number of hydrogen-bond acceptors (Lipinski definition) is 6. The first-order valence-corrected chi connectivity index (χ1v) is 10.1. The van der Waals surface area contributed by atoms with Crippen LogP contribution < -0.4 is 5.32 Å². The van der Waals surface area contributed by atoms with Crippen molar-refractivity contribution in [3.05, 3.63) is 39.5 Å². The Kier molecular flexibility index (Phi) is 5.91. The second-order valence-electron chi connectivity index (χ2n) is 6.00. The third kappa shape index (κ3) is 4.68. The molecule has 124 valence electrons. The number of nitrogens with one attached hydrogen (secondary N) is 1. The number of thiazole rings is 1. The van der Waals surface area contributed by atoms with Crippen molar-refractivity contribution in [2.75, 3.05) is 17.7 Å². The van der Waals surface area contributed by atoms with Crippen molar-refractivity contribution in [1.82, 2.24) is 9.97 Å². The zero-order chi connectivity index (χ0) is 16.1. The molecule has 0 aromatic carbocycles. The zero-order valence-electron chi connectivity index (χ0n) is 13.4. The number of thioether (sulfide) groups is 1. The molecule has 1 aliphatic rings. The van der Waals surface area contributed by atoms with Gasteiger partial charge >= 0.3 is 0 Å². The van der Waals surface area contributed by atoms with Gasteiger partial charge in [-0.3, -0.25) is 0 Å². The lowest BCUT2D eigenvalue weighted by molar-refractivity contribution is 0.322. The summed E-state index contributed by atoms with van der Waals surface area (Å²) in [7, 11) is 0. The fraction of sp³-hybridized carbons (Fsp3) is 0.529. The van der Waals surface area contributed by atoms with E-state index in [4.69, 9.17) is 10.1 Å². The Labute approximate surface area is 145 Å². The van der Waals surface area contributed by atoms with Gasteiger partial charge in [-0.25, -0.2) is 9.97 Å². The molecular weight excluding hydrogens is 326 g/mol. The summed E-state index contributed by atoms with van der Waals surface area (Å²) in [4.78, 5) is 10.6. The summed E-state index contributed by atoms with van der Waals surface area (Å²) in [5.41, 5.74) is 2.54. The first-order valence-electron chi connectivity index (χ1n) is 8.09. The van der Waals surface area contributed by atoms with E-state index in [-0.39, 0.29) is 6.61 Å². The minimum atomic E-state index is 0.230. The van der Waals surface area contributed by atoms with Crippen LogP contribution in [0.5, 0.6) is 0 Å². The lowest BCUT2D eigenvalue weighted by Gasteiger charge is -2.15. The van der Waals surface area contributed by atoms with Crippen molar-refractivity contribution in [2.45, 2.75) is 38.5 Å². The lowest BCUT2D eigenvalue weighted by Crippen LogP contribution is -2.09. The molecule has 0 saturated carbocycles. The molecule has 6 heteroatoms. The summed E-state index contributed by atoms with van der Waals surface area (Å²) >= 11 is 3.58. The maximum Gasteiger partial charge on any atom is 0.126 e. The predicted octanol–water partition coefficient (Wildman–Crippen LogP) is 3.50. The van der Waals surface area contributed by atoms with E-state index in [0.717, 1.165) is 41.2 Å². The third-order valence-corrected chi connectivity index (χ3v) is 6.11. The number of fused-ring (bicyclic) bond motifs is 1. The van der Waals surface area contributed by atoms with E-state index in [0.29, 0.717) is 0 Å². The molecule has 0 spiro atoms. The molecule has 0 aliphatic heterocycles. The standard InChI is InChI=1S/C17H23N3OS2/c1-12-2-3-14-15(8-12)23-17(20-14)10-19-16-9-13(4-5-18-16)11-22-7-6-21/h4-5,9,12,21H,2-3,6-8,10-11H2,1H3,(H,18,19). The van der Waals surface area contributed by atoms with Crippen LogP contribution in [0.4, 0.5) is 5.82 Å². The number of nitrogens with zero attached hydrogens (tertiary/aromatic N) is 2. The van der Waals surface area contributed by atoms with Crippen LogP contribution in [0, 0.1) is 5.92 Å². The first-order chi connectivity index (χ1) is 11.2. The van der Waals surface area contributed by atoms with Crippen LogP contribution in [0.2, 0.25) is 0 Å². The Morgan fingerprint density at radius 2 is 2.39 bits per heavy atom. The van der Waals surface area contributed by atoms with Crippen molar-refractivity contribution in [1.29, 1.82) is 0 Å². The summed E-state index contributed by atoms with van der Waals surface area (Å²) < 4.78 is 0. The van der Waals surface area contributed by atoms with Gasteiger partial charge in [-0.05, 0) is 42.9 Å². The van der Waals surface area contributed by atoms with Gasteiger partial charge in [0.2, 0.25) is 0 Å². The molecule has 1 aliphatic carbocycles. The third-order valence-electron chi connectivity index (χ3n) is 3.98. The van der Waals surface area contributed by atoms with Crippen molar-refractivity contribution in [3.63, 3.8) is 0 Å². The highest BCUT2D eigenvalue weighted by atomic mass is 32.2. The second-order valence-corrected chi connectivity index (χ2v) is 8.28. The maximum atomic E-state index is 8.84. The smallest absolute Gasteiger partial charge is 0.126 e. The van der Waals surface area contributed by atoms with Crippen LogP contribution in [0.25, 0.3) is 0 Å². The highest BCUT2D eigenvalue weighted by molar-refractivity contribution is 7.98. The summed E-state index contributed by atoms with van der Waals surface area (Å²) in [6, 6.07) is 4.11. The van der Waals surface area contributed by atoms with E-state index in [1.54, 1.807) is 11.8 Å². The van der Waals surface area contributed by atoms with Crippen molar-refractivity contribution in [2.24, 2.45) is 5.92 Å². The maximum absolute atomic E-state index is 8.84. The first kappa shape index (κ1) is 16.7. The average Bonchev–Trinajstić information content (AvgIpc) is 2.96. The van der Waals surface area contributed by atoms with Gasteiger partial charge in [0.25, 0.3) is 0 Å². The van der Waals surface area contributed by atoms with Gasteiger partial charge in [0, 0.05) is 22.6 Å². The monoisotopic (exact) mass is 349 g/mol. The van der Waals surface area contributed by atoms with Crippen LogP contribution in [0.3, 0.4) is 0 Å². The fourth-order valence-electron chi connectivity index (χ4n) is 2.75. The average molecular weight is 350 g/mol. The number of pyridine rings is 1. The predicted molar refractivity (Wildman–Crippen MR) is 98.1 cm³/mol. The Morgan fingerprint density at radius 1 is 1.48 bits per heavy atom. The van der Waals surface area contributed by atoms with Crippen LogP contribution in [-0.4, -0.2) is 27.4 Å². The highest BCUT2D eigenvalue weighted by Crippen LogP contribution is 2.30. The molecule has 0 saturated heterocycles. The van der Waals surface area contributed by atoms with Crippen LogP contribution in [0.15, 0.2) is 18.3 Å². The molecule has 1 atom stereocenters. The Morgan fingerprint density at radius 3 is 3.26 bits per heavy atom. The molecule has 2 heterocycles. The van der Waals surface area contributed by atoms with Gasteiger partial charge in [-0.15, -0.1) is 11.3 Å². The largest absolute Gasteiger partial charge is 0.396 e. The van der Waals surface area contributed by atoms with E-state index in [2.05, 4.69) is 23.3 Å². The van der Waals surface area contributed by atoms with E-state index in [1.165, 1.54) is 29.0 Å². The number of anilines is 1. The molecular formula is C17H23N3OS2. The van der Waals surface area contributed by atoms with E-state index in [1.807, 2.05) is 23.6 Å². The van der Waals surface area contributed by atoms with Gasteiger partial charge in [-0.1, -0.05) is 6.92 Å². The summed E-state index contributed by atoms with van der Waals surface area (Å²) in [6.07, 6.45) is 5.41. The number of aryl methyl sites for hydroxylation is 1. The normalized spacial score (nSPS) is 17.0. The Hall–Kier alpha value is -1.11. The van der Waals surface area contributed by atoms with Crippen LogP contribution in [-0.2, 0) is 25.1 Å². The summed E-state index contributed by atoms with van der Waals surface area (Å²) in [6.45, 7) is 3.30. The molecule has 0 fully saturated rings. The Balaban J connectivity index is 1.57. The number of aliphatic hydroxyl groups excluding tert-OH is 1. The molecule has 23 heavy (non-hydrogen) atoms. The summed E-state index contributed by atoms with van der Waals surface area (Å²) in [5.74, 6) is 3.36. The molecule has 2 N–H and O–H groups in total. The molecule has 4 nitrogen and oxygen atoms in total. The van der Waals surface area contributed by atoms with Crippen molar-refractivity contribution < 1.29 is 5.11 Å². The van der Waals surface area contributed by atoms with Crippen molar-refractivity contribution in [3.8, 4) is 0 Å². The highest BCUT2D eigenvalue weighted by Gasteiger charge is 2.19. The molecule has 1 unspecified atom stereocenters. The minimum absolute atomic E-state index is 0.230. The number of hydrogen-bond donors (Lipinski definition) is 2. The SMILES string of the molecule is CC1CCc2nc(CNc3cc(CSCCO)ccn3)sc2C1. The molecule has 0 bridgehead atoms. The van der Waals surface area contributed by atoms with Gasteiger partial charge in [0.15, 0.2) is 0 Å². The fourth-order valence-corrected chi connectivity index (χ4v) is 4.66. The van der Waals surface area contributed by atoms with Gasteiger partial charge < -0.3 is 10.4 Å².